The van der Waals surface area contributed by atoms with E-state index >= 15 is 0 Å². The topological polar surface area (TPSA) is 59.0 Å². The normalized spacial score (nSPS) is 11.8. The lowest BCUT2D eigenvalue weighted by Crippen LogP contribution is -1.96. The monoisotopic (exact) mass is 304 g/mol. The van der Waals surface area contributed by atoms with Crippen molar-refractivity contribution in [1.82, 2.24) is 0 Å². The number of ether oxygens (including phenoxy) is 1. The molecule has 0 saturated carbocycles. The number of benzene rings is 2. The minimum Gasteiger partial charge on any atom is -0.489 e. The van der Waals surface area contributed by atoms with Crippen molar-refractivity contribution in [3.63, 3.8) is 0 Å². The van der Waals surface area contributed by atoms with Gasteiger partial charge in [-0.1, -0.05) is 55.5 Å². The van der Waals surface area contributed by atoms with E-state index in [4.69, 9.17) is 10.5 Å². The molecule has 0 spiro atoms. The maximum atomic E-state index is 9.25. The first kappa shape index (κ1) is 16.4. The van der Waals surface area contributed by atoms with Crippen LogP contribution in [0.3, 0.4) is 0 Å². The molecule has 0 unspecified atom stereocenters. The van der Waals surface area contributed by atoms with Gasteiger partial charge in [-0.05, 0) is 29.7 Å². The van der Waals surface area contributed by atoms with Gasteiger partial charge in [-0.2, -0.15) is 5.26 Å². The lowest BCUT2D eigenvalue weighted by molar-refractivity contribution is 0.306. The standard InChI is InChI=1S/C20H20N2O/c1-2-6-18(13-21)20(14-22)17-9-11-19(12-10-17)23-15-16-7-4-3-5-8-16/h3-12,14H,2,15,22H2,1H3/b18-6-,20-14-. The largest absolute Gasteiger partial charge is 0.489 e. The van der Waals surface area contributed by atoms with Crippen LogP contribution in [0.25, 0.3) is 5.57 Å². The maximum absolute atomic E-state index is 9.25. The summed E-state index contributed by atoms with van der Waals surface area (Å²) in [6.45, 7) is 2.52. The van der Waals surface area contributed by atoms with E-state index in [2.05, 4.69) is 6.07 Å². The number of rotatable bonds is 6. The van der Waals surface area contributed by atoms with Crippen LogP contribution in [0, 0.1) is 11.3 Å². The molecular formula is C20H20N2O. The molecule has 0 heterocycles. The summed E-state index contributed by atoms with van der Waals surface area (Å²) >= 11 is 0. The smallest absolute Gasteiger partial charge is 0.119 e. The Bertz CT molecular complexity index is 722. The van der Waals surface area contributed by atoms with Gasteiger partial charge in [0.15, 0.2) is 0 Å². The highest BCUT2D eigenvalue weighted by atomic mass is 16.5. The molecule has 2 aromatic rings. The quantitative estimate of drug-likeness (QED) is 0.634. The summed E-state index contributed by atoms with van der Waals surface area (Å²) in [5, 5.41) is 9.25. The van der Waals surface area contributed by atoms with Crippen LogP contribution in [-0.4, -0.2) is 0 Å². The van der Waals surface area contributed by atoms with Gasteiger partial charge in [-0.15, -0.1) is 0 Å². The molecule has 0 radical (unpaired) electrons. The molecule has 0 amide bonds. The predicted octanol–water partition coefficient (Wildman–Crippen LogP) is 4.43. The zero-order valence-corrected chi connectivity index (χ0v) is 13.2. The molecule has 0 aliphatic carbocycles. The van der Waals surface area contributed by atoms with Crippen LogP contribution in [0.2, 0.25) is 0 Å². The molecule has 116 valence electrons. The van der Waals surface area contributed by atoms with Crippen LogP contribution in [0.1, 0.15) is 24.5 Å². The summed E-state index contributed by atoms with van der Waals surface area (Å²) < 4.78 is 5.76. The molecule has 0 aromatic heterocycles. The van der Waals surface area contributed by atoms with E-state index in [9.17, 15) is 5.26 Å². The number of nitrogens with zero attached hydrogens (tertiary/aromatic N) is 1. The number of nitriles is 1. The van der Waals surface area contributed by atoms with Gasteiger partial charge in [0.2, 0.25) is 0 Å². The van der Waals surface area contributed by atoms with Crippen LogP contribution in [0.5, 0.6) is 5.75 Å². The van der Waals surface area contributed by atoms with Crippen molar-refractivity contribution in [3.05, 3.63) is 83.6 Å². The van der Waals surface area contributed by atoms with Crippen LogP contribution in [0.15, 0.2) is 72.4 Å². The Balaban J connectivity index is 2.10. The SMILES string of the molecule is CC/C=C(C#N)\C(=C/N)c1ccc(OCc2ccccc2)cc1. The highest BCUT2D eigenvalue weighted by molar-refractivity contribution is 5.82. The Hall–Kier alpha value is -2.99. The minimum atomic E-state index is 0.527. The Morgan fingerprint density at radius 2 is 1.83 bits per heavy atom. The summed E-state index contributed by atoms with van der Waals surface area (Å²) in [5.74, 6) is 0.784. The number of hydrogen-bond acceptors (Lipinski definition) is 3. The van der Waals surface area contributed by atoms with E-state index in [-0.39, 0.29) is 0 Å². The lowest BCUT2D eigenvalue weighted by atomic mass is 9.99. The molecule has 0 atom stereocenters. The first-order valence-corrected chi connectivity index (χ1v) is 7.58. The second-order valence-electron chi connectivity index (χ2n) is 5.02. The Kier molecular flexibility index (Phi) is 6.02. The molecule has 0 aliphatic heterocycles. The average Bonchev–Trinajstić information content (AvgIpc) is 2.61. The van der Waals surface area contributed by atoms with Gasteiger partial charge in [-0.3, -0.25) is 0 Å². The van der Waals surface area contributed by atoms with E-state index in [0.29, 0.717) is 12.2 Å². The van der Waals surface area contributed by atoms with Crippen molar-refractivity contribution in [2.45, 2.75) is 20.0 Å². The summed E-state index contributed by atoms with van der Waals surface area (Å²) in [4.78, 5) is 0. The van der Waals surface area contributed by atoms with Crippen molar-refractivity contribution in [3.8, 4) is 11.8 Å². The van der Waals surface area contributed by atoms with Crippen molar-refractivity contribution < 1.29 is 4.74 Å². The summed E-state index contributed by atoms with van der Waals surface area (Å²) in [6.07, 6.45) is 4.14. The van der Waals surface area contributed by atoms with Gasteiger partial charge >= 0.3 is 0 Å². The fourth-order valence-corrected chi connectivity index (χ4v) is 2.23. The molecule has 23 heavy (non-hydrogen) atoms. The molecule has 0 fully saturated rings. The van der Waals surface area contributed by atoms with Crippen LogP contribution < -0.4 is 10.5 Å². The van der Waals surface area contributed by atoms with Crippen molar-refractivity contribution >= 4 is 5.57 Å². The molecular weight excluding hydrogens is 284 g/mol. The molecule has 3 nitrogen and oxygen atoms in total. The highest BCUT2D eigenvalue weighted by Gasteiger charge is 2.07. The van der Waals surface area contributed by atoms with Gasteiger partial charge in [0.05, 0.1) is 11.6 Å². The Morgan fingerprint density at radius 1 is 1.13 bits per heavy atom. The van der Waals surface area contributed by atoms with E-state index < -0.39 is 0 Å². The van der Waals surface area contributed by atoms with Crippen molar-refractivity contribution in [2.24, 2.45) is 5.73 Å². The van der Waals surface area contributed by atoms with E-state index in [1.54, 1.807) is 0 Å². The molecule has 0 bridgehead atoms. The van der Waals surface area contributed by atoms with Gasteiger partial charge in [-0.25, -0.2) is 0 Å². The molecule has 0 saturated heterocycles. The number of hydrogen-bond donors (Lipinski definition) is 1. The molecule has 0 aliphatic rings. The third-order valence-corrected chi connectivity index (χ3v) is 3.40. The lowest BCUT2D eigenvalue weighted by Gasteiger charge is -2.09. The zero-order chi connectivity index (χ0) is 16.5. The number of allylic oxidation sites excluding steroid dienone is 3. The Labute approximate surface area is 137 Å². The third-order valence-electron chi connectivity index (χ3n) is 3.40. The van der Waals surface area contributed by atoms with Gasteiger partial charge in [0, 0.05) is 11.8 Å². The molecule has 2 N–H and O–H groups in total. The number of nitrogens with two attached hydrogens (primary N) is 1. The summed E-state index contributed by atoms with van der Waals surface area (Å²) in [6, 6.07) is 19.8. The predicted molar refractivity (Wildman–Crippen MR) is 93.4 cm³/mol. The van der Waals surface area contributed by atoms with Gasteiger partial charge < -0.3 is 10.5 Å². The summed E-state index contributed by atoms with van der Waals surface area (Å²) in [7, 11) is 0. The second kappa shape index (κ2) is 8.45. The highest BCUT2D eigenvalue weighted by Crippen LogP contribution is 2.24. The average molecular weight is 304 g/mol. The fourth-order valence-electron chi connectivity index (χ4n) is 2.23. The van der Waals surface area contributed by atoms with Crippen LogP contribution >= 0.6 is 0 Å². The first-order chi connectivity index (χ1) is 11.3. The van der Waals surface area contributed by atoms with Crippen molar-refractivity contribution in [1.29, 1.82) is 5.26 Å². The minimum absolute atomic E-state index is 0.527. The fraction of sp³-hybridized carbons (Fsp3) is 0.150. The Morgan fingerprint density at radius 3 is 2.39 bits per heavy atom. The van der Waals surface area contributed by atoms with Crippen LogP contribution in [-0.2, 0) is 6.61 Å². The maximum Gasteiger partial charge on any atom is 0.119 e. The molecule has 2 rings (SSSR count). The van der Waals surface area contributed by atoms with E-state index in [1.807, 2.05) is 67.6 Å². The van der Waals surface area contributed by atoms with Crippen LogP contribution in [0.4, 0.5) is 0 Å². The molecule has 2 aromatic carbocycles. The van der Waals surface area contributed by atoms with Gasteiger partial charge in [0.1, 0.15) is 12.4 Å². The van der Waals surface area contributed by atoms with E-state index in [1.165, 1.54) is 6.20 Å². The molecule has 3 heteroatoms. The third kappa shape index (κ3) is 4.49. The van der Waals surface area contributed by atoms with E-state index in [0.717, 1.165) is 28.9 Å². The van der Waals surface area contributed by atoms with Gasteiger partial charge in [0.25, 0.3) is 0 Å². The summed E-state index contributed by atoms with van der Waals surface area (Å²) in [5.41, 5.74) is 9.06. The second-order valence-corrected chi connectivity index (χ2v) is 5.02. The zero-order valence-electron chi connectivity index (χ0n) is 13.2. The first-order valence-electron chi connectivity index (χ1n) is 7.58. The van der Waals surface area contributed by atoms with Crippen molar-refractivity contribution in [2.75, 3.05) is 0 Å².